The number of alkyl halides is 3. The number of thiophene rings is 1. The highest BCUT2D eigenvalue weighted by Gasteiger charge is 2.34. The fraction of sp³-hybridized carbons (Fsp3) is 0.231. The molecule has 1 aromatic heterocycles. The van der Waals surface area contributed by atoms with Gasteiger partial charge in [-0.3, -0.25) is 0 Å². The lowest BCUT2D eigenvalue weighted by atomic mass is 9.98. The molecule has 2 rings (SSSR count). The van der Waals surface area contributed by atoms with Gasteiger partial charge in [-0.25, -0.2) is 0 Å². The Bertz CT molecular complexity index is 545. The van der Waals surface area contributed by atoms with Crippen molar-refractivity contribution in [3.8, 4) is 0 Å². The third-order valence-electron chi connectivity index (χ3n) is 2.79. The van der Waals surface area contributed by atoms with E-state index in [0.717, 1.165) is 16.5 Å². The van der Waals surface area contributed by atoms with Crippen molar-refractivity contribution in [2.24, 2.45) is 5.73 Å². The van der Waals surface area contributed by atoms with E-state index in [9.17, 15) is 13.2 Å². The highest BCUT2D eigenvalue weighted by Crippen LogP contribution is 2.37. The Kier molecular flexibility index (Phi) is 3.45. The molecule has 0 aliphatic rings. The van der Waals surface area contributed by atoms with Crippen LogP contribution in [0.4, 0.5) is 13.2 Å². The quantitative estimate of drug-likeness (QED) is 0.873. The van der Waals surface area contributed by atoms with Crippen LogP contribution < -0.4 is 5.73 Å². The molecule has 1 unspecified atom stereocenters. The Morgan fingerprint density at radius 2 is 1.83 bits per heavy atom. The number of benzene rings is 1. The van der Waals surface area contributed by atoms with Gasteiger partial charge in [0.2, 0.25) is 0 Å². The molecule has 18 heavy (non-hydrogen) atoms. The summed E-state index contributed by atoms with van der Waals surface area (Å²) in [6.45, 7) is 1.85. The van der Waals surface area contributed by atoms with Gasteiger partial charge in [-0.2, -0.15) is 13.2 Å². The van der Waals surface area contributed by atoms with E-state index < -0.39 is 17.8 Å². The summed E-state index contributed by atoms with van der Waals surface area (Å²) in [5, 5.41) is 1.83. The zero-order chi connectivity index (χ0) is 13.3. The molecule has 1 atom stereocenters. The summed E-state index contributed by atoms with van der Waals surface area (Å²) >= 11 is 1.38. The topological polar surface area (TPSA) is 26.0 Å². The Morgan fingerprint density at radius 1 is 1.17 bits per heavy atom. The molecular weight excluding hydrogens is 259 g/mol. The van der Waals surface area contributed by atoms with Crippen LogP contribution in [0, 0.1) is 6.92 Å². The molecule has 0 bridgehead atoms. The molecule has 0 saturated heterocycles. The van der Waals surface area contributed by atoms with Crippen LogP contribution in [0.3, 0.4) is 0 Å². The number of aryl methyl sites for hydroxylation is 1. The molecule has 0 aliphatic carbocycles. The fourth-order valence-electron chi connectivity index (χ4n) is 1.87. The fourth-order valence-corrected chi connectivity index (χ4v) is 2.82. The summed E-state index contributed by atoms with van der Waals surface area (Å²) < 4.78 is 38.7. The molecular formula is C13H12F3NS. The Hall–Kier alpha value is -1.33. The van der Waals surface area contributed by atoms with Gasteiger partial charge < -0.3 is 5.73 Å². The minimum absolute atomic E-state index is 0.121. The van der Waals surface area contributed by atoms with E-state index in [4.69, 9.17) is 5.73 Å². The van der Waals surface area contributed by atoms with Crippen molar-refractivity contribution >= 4 is 11.3 Å². The molecule has 1 nitrogen and oxygen atoms in total. The Labute approximate surface area is 107 Å². The molecule has 0 aliphatic heterocycles. The van der Waals surface area contributed by atoms with Crippen molar-refractivity contribution in [2.45, 2.75) is 19.1 Å². The molecule has 2 N–H and O–H groups in total. The van der Waals surface area contributed by atoms with Gasteiger partial charge in [-0.1, -0.05) is 18.2 Å². The van der Waals surface area contributed by atoms with Crippen molar-refractivity contribution in [2.75, 3.05) is 0 Å². The van der Waals surface area contributed by atoms with Crippen LogP contribution in [0.25, 0.3) is 0 Å². The summed E-state index contributed by atoms with van der Waals surface area (Å²) in [7, 11) is 0. The lowest BCUT2D eigenvalue weighted by Crippen LogP contribution is -2.18. The first-order valence-electron chi connectivity index (χ1n) is 5.37. The Morgan fingerprint density at radius 3 is 2.39 bits per heavy atom. The minimum atomic E-state index is -4.38. The molecule has 0 spiro atoms. The van der Waals surface area contributed by atoms with Crippen LogP contribution in [-0.2, 0) is 6.18 Å². The monoisotopic (exact) mass is 271 g/mol. The SMILES string of the molecule is Cc1ccsc1C(N)c1ccccc1C(F)(F)F. The van der Waals surface area contributed by atoms with Gasteiger partial charge in [0.25, 0.3) is 0 Å². The first kappa shape index (κ1) is 13.1. The molecule has 1 heterocycles. The van der Waals surface area contributed by atoms with E-state index >= 15 is 0 Å². The number of rotatable bonds is 2. The summed E-state index contributed by atoms with van der Waals surface area (Å²) in [5.41, 5.74) is 6.35. The van der Waals surface area contributed by atoms with E-state index in [1.165, 1.54) is 23.5 Å². The highest BCUT2D eigenvalue weighted by molar-refractivity contribution is 7.10. The number of hydrogen-bond donors (Lipinski definition) is 1. The predicted octanol–water partition coefficient (Wildman–Crippen LogP) is 4.12. The predicted molar refractivity (Wildman–Crippen MR) is 66.5 cm³/mol. The van der Waals surface area contributed by atoms with Crippen LogP contribution >= 0.6 is 11.3 Å². The van der Waals surface area contributed by atoms with Gasteiger partial charge in [-0.15, -0.1) is 11.3 Å². The number of halogens is 3. The molecule has 0 amide bonds. The molecule has 0 fully saturated rings. The maximum Gasteiger partial charge on any atom is 0.416 e. The second-order valence-corrected chi connectivity index (χ2v) is 4.98. The summed E-state index contributed by atoms with van der Waals surface area (Å²) in [5.74, 6) is 0. The van der Waals surface area contributed by atoms with E-state index in [1.807, 2.05) is 18.4 Å². The van der Waals surface area contributed by atoms with Crippen LogP contribution in [0.5, 0.6) is 0 Å². The van der Waals surface area contributed by atoms with Gasteiger partial charge in [0.15, 0.2) is 0 Å². The van der Waals surface area contributed by atoms with Crippen LogP contribution in [-0.4, -0.2) is 0 Å². The maximum absolute atomic E-state index is 12.9. The van der Waals surface area contributed by atoms with Gasteiger partial charge in [0.05, 0.1) is 11.6 Å². The standard InChI is InChI=1S/C13H12F3NS/c1-8-6-7-18-12(8)11(17)9-4-2-3-5-10(9)13(14,15)16/h2-7,11H,17H2,1H3. The average molecular weight is 271 g/mol. The van der Waals surface area contributed by atoms with Gasteiger partial charge >= 0.3 is 6.18 Å². The van der Waals surface area contributed by atoms with Crippen LogP contribution in [0.15, 0.2) is 35.7 Å². The second kappa shape index (κ2) is 4.74. The smallest absolute Gasteiger partial charge is 0.320 e. The van der Waals surface area contributed by atoms with Gasteiger partial charge in [0.1, 0.15) is 0 Å². The third-order valence-corrected chi connectivity index (χ3v) is 3.89. The molecule has 0 radical (unpaired) electrons. The number of nitrogens with two attached hydrogens (primary N) is 1. The van der Waals surface area contributed by atoms with Gasteiger partial charge in [0, 0.05) is 4.88 Å². The normalized spacial score (nSPS) is 13.6. The first-order chi connectivity index (χ1) is 8.41. The molecule has 96 valence electrons. The summed E-state index contributed by atoms with van der Waals surface area (Å²) in [6, 6.07) is 6.58. The van der Waals surface area contributed by atoms with E-state index in [1.54, 1.807) is 6.07 Å². The van der Waals surface area contributed by atoms with E-state index in [0.29, 0.717) is 0 Å². The minimum Gasteiger partial charge on any atom is -0.320 e. The lowest BCUT2D eigenvalue weighted by molar-refractivity contribution is -0.138. The summed E-state index contributed by atoms with van der Waals surface area (Å²) in [4.78, 5) is 0.770. The first-order valence-corrected chi connectivity index (χ1v) is 6.25. The van der Waals surface area contributed by atoms with Crippen molar-refractivity contribution in [1.82, 2.24) is 0 Å². The number of hydrogen-bond acceptors (Lipinski definition) is 2. The van der Waals surface area contributed by atoms with Crippen molar-refractivity contribution in [3.05, 3.63) is 57.3 Å². The zero-order valence-electron chi connectivity index (χ0n) is 9.66. The van der Waals surface area contributed by atoms with Crippen LogP contribution in [0.1, 0.15) is 27.6 Å². The highest BCUT2D eigenvalue weighted by atomic mass is 32.1. The molecule has 0 saturated carbocycles. The maximum atomic E-state index is 12.9. The largest absolute Gasteiger partial charge is 0.416 e. The van der Waals surface area contributed by atoms with Gasteiger partial charge in [-0.05, 0) is 35.6 Å². The van der Waals surface area contributed by atoms with Crippen molar-refractivity contribution < 1.29 is 13.2 Å². The zero-order valence-corrected chi connectivity index (χ0v) is 10.5. The van der Waals surface area contributed by atoms with Crippen molar-refractivity contribution in [3.63, 3.8) is 0 Å². The van der Waals surface area contributed by atoms with E-state index in [-0.39, 0.29) is 5.56 Å². The molecule has 1 aromatic carbocycles. The lowest BCUT2D eigenvalue weighted by Gasteiger charge is -2.18. The summed E-state index contributed by atoms with van der Waals surface area (Å²) in [6.07, 6.45) is -4.38. The third kappa shape index (κ3) is 2.42. The van der Waals surface area contributed by atoms with Crippen molar-refractivity contribution in [1.29, 1.82) is 0 Å². The molecule has 2 aromatic rings. The Balaban J connectivity index is 2.49. The molecule has 5 heteroatoms. The van der Waals surface area contributed by atoms with Crippen LogP contribution in [0.2, 0.25) is 0 Å². The van der Waals surface area contributed by atoms with E-state index in [2.05, 4.69) is 0 Å². The average Bonchev–Trinajstić information content (AvgIpc) is 2.73. The second-order valence-electron chi connectivity index (χ2n) is 4.03.